The predicted octanol–water partition coefficient (Wildman–Crippen LogP) is 1.33. The van der Waals surface area contributed by atoms with Crippen molar-refractivity contribution >= 4 is 11.9 Å². The van der Waals surface area contributed by atoms with Crippen LogP contribution in [0.15, 0.2) is 18.2 Å². The number of nitrogens with zero attached hydrogens (tertiary/aromatic N) is 1. The lowest BCUT2D eigenvalue weighted by molar-refractivity contribution is -0.151. The Labute approximate surface area is 133 Å². The van der Waals surface area contributed by atoms with Gasteiger partial charge in [-0.3, -0.25) is 9.59 Å². The van der Waals surface area contributed by atoms with Crippen LogP contribution in [0.1, 0.15) is 12.0 Å². The summed E-state index contributed by atoms with van der Waals surface area (Å²) in [5.41, 5.74) is -0.539. The Bertz CT molecular complexity index is 606. The lowest BCUT2D eigenvalue weighted by Crippen LogP contribution is -2.40. The number of halogens is 1. The molecule has 0 radical (unpaired) electrons. The number of hydrogen-bond acceptors (Lipinski definition) is 4. The molecule has 6 nitrogen and oxygen atoms in total. The highest BCUT2D eigenvalue weighted by Crippen LogP contribution is 2.31. The normalized spacial score (nSPS) is 20.6. The number of benzene rings is 1. The van der Waals surface area contributed by atoms with Crippen molar-refractivity contribution in [3.63, 3.8) is 0 Å². The molecule has 1 aromatic rings. The summed E-state index contributed by atoms with van der Waals surface area (Å²) in [6, 6.07) is 4.34. The zero-order chi connectivity index (χ0) is 17.0. The van der Waals surface area contributed by atoms with Crippen molar-refractivity contribution in [1.29, 1.82) is 0 Å². The number of rotatable bonds is 6. The lowest BCUT2D eigenvalue weighted by atomic mass is 9.88. The molecule has 1 N–H and O–H groups in total. The highest BCUT2D eigenvalue weighted by Gasteiger charge is 2.46. The van der Waals surface area contributed by atoms with Crippen LogP contribution in [0.2, 0.25) is 0 Å². The van der Waals surface area contributed by atoms with E-state index in [9.17, 15) is 19.1 Å². The molecule has 1 aliphatic rings. The van der Waals surface area contributed by atoms with Crippen LogP contribution in [-0.4, -0.2) is 55.8 Å². The number of ether oxygens (including phenoxy) is 2. The van der Waals surface area contributed by atoms with Crippen molar-refractivity contribution < 1.29 is 28.6 Å². The number of carboxylic acids is 1. The molecule has 1 amide bonds. The molecule has 0 aliphatic carbocycles. The van der Waals surface area contributed by atoms with Crippen LogP contribution in [0.3, 0.4) is 0 Å². The monoisotopic (exact) mass is 325 g/mol. The number of likely N-dealkylation sites (tertiary alicyclic amines) is 1. The molecule has 1 aliphatic heterocycles. The molecule has 0 spiro atoms. The third kappa shape index (κ3) is 3.61. The van der Waals surface area contributed by atoms with Crippen molar-refractivity contribution in [2.75, 3.05) is 33.9 Å². The van der Waals surface area contributed by atoms with Gasteiger partial charge in [0.25, 0.3) is 0 Å². The topological polar surface area (TPSA) is 76.1 Å². The van der Waals surface area contributed by atoms with E-state index in [2.05, 4.69) is 0 Å². The van der Waals surface area contributed by atoms with E-state index in [1.54, 1.807) is 6.07 Å². The molecule has 7 heteroatoms. The van der Waals surface area contributed by atoms with E-state index in [0.29, 0.717) is 18.5 Å². The summed E-state index contributed by atoms with van der Waals surface area (Å²) >= 11 is 0. The van der Waals surface area contributed by atoms with Crippen molar-refractivity contribution in [1.82, 2.24) is 4.90 Å². The molecule has 0 aromatic heterocycles. The summed E-state index contributed by atoms with van der Waals surface area (Å²) < 4.78 is 23.5. The SMILES string of the molecule is COCC1(C(=O)O)CCN(C(=O)Cc2ccc(OC)c(F)c2)C1. The Balaban J connectivity index is 2.04. The van der Waals surface area contributed by atoms with E-state index < -0.39 is 17.2 Å². The van der Waals surface area contributed by atoms with Gasteiger partial charge in [0.1, 0.15) is 5.41 Å². The standard InChI is InChI=1S/C16H20FNO5/c1-22-10-16(15(20)21)5-6-18(9-16)14(19)8-11-3-4-13(23-2)12(17)7-11/h3-4,7H,5-6,8-10H2,1-2H3,(H,20,21). The van der Waals surface area contributed by atoms with Gasteiger partial charge in [-0.2, -0.15) is 0 Å². The Kier molecular flexibility index (Phi) is 5.20. The van der Waals surface area contributed by atoms with E-state index in [4.69, 9.17) is 9.47 Å². The van der Waals surface area contributed by atoms with E-state index in [-0.39, 0.29) is 31.2 Å². The first kappa shape index (κ1) is 17.2. The number of aliphatic carboxylic acids is 1. The van der Waals surface area contributed by atoms with Gasteiger partial charge < -0.3 is 19.5 Å². The van der Waals surface area contributed by atoms with Gasteiger partial charge in [-0.1, -0.05) is 6.07 Å². The van der Waals surface area contributed by atoms with Gasteiger partial charge in [0.05, 0.1) is 20.1 Å². The quantitative estimate of drug-likeness (QED) is 0.854. The van der Waals surface area contributed by atoms with Gasteiger partial charge in [-0.15, -0.1) is 0 Å². The minimum absolute atomic E-state index is 0.0175. The van der Waals surface area contributed by atoms with Gasteiger partial charge >= 0.3 is 5.97 Å². The molecule has 0 saturated carbocycles. The van der Waals surface area contributed by atoms with Crippen LogP contribution in [0.25, 0.3) is 0 Å². The van der Waals surface area contributed by atoms with Crippen LogP contribution in [-0.2, 0) is 20.7 Å². The number of hydrogen-bond donors (Lipinski definition) is 1. The lowest BCUT2D eigenvalue weighted by Gasteiger charge is -2.23. The largest absolute Gasteiger partial charge is 0.494 e. The summed E-state index contributed by atoms with van der Waals surface area (Å²) in [6.45, 7) is 0.518. The summed E-state index contributed by atoms with van der Waals surface area (Å²) in [5, 5.41) is 9.40. The molecular formula is C16H20FNO5. The second kappa shape index (κ2) is 6.95. The summed E-state index contributed by atoms with van der Waals surface area (Å²) in [7, 11) is 2.81. The molecule has 1 heterocycles. The fraction of sp³-hybridized carbons (Fsp3) is 0.500. The average Bonchev–Trinajstić information content (AvgIpc) is 2.94. The maximum absolute atomic E-state index is 13.7. The van der Waals surface area contributed by atoms with E-state index in [1.807, 2.05) is 0 Å². The van der Waals surface area contributed by atoms with E-state index in [1.165, 1.54) is 31.3 Å². The average molecular weight is 325 g/mol. The predicted molar refractivity (Wildman–Crippen MR) is 79.8 cm³/mol. The maximum Gasteiger partial charge on any atom is 0.313 e. The first-order valence-corrected chi connectivity index (χ1v) is 7.24. The van der Waals surface area contributed by atoms with Crippen molar-refractivity contribution in [2.45, 2.75) is 12.8 Å². The number of methoxy groups -OCH3 is 2. The summed E-state index contributed by atoms with van der Waals surface area (Å²) in [4.78, 5) is 25.3. The third-order valence-electron chi connectivity index (χ3n) is 4.15. The van der Waals surface area contributed by atoms with E-state index >= 15 is 0 Å². The van der Waals surface area contributed by atoms with Crippen molar-refractivity contribution in [3.8, 4) is 5.75 Å². The fourth-order valence-corrected chi connectivity index (χ4v) is 2.82. The van der Waals surface area contributed by atoms with Gasteiger partial charge in [-0.25, -0.2) is 4.39 Å². The molecular weight excluding hydrogens is 305 g/mol. The molecule has 23 heavy (non-hydrogen) atoms. The first-order valence-electron chi connectivity index (χ1n) is 7.24. The smallest absolute Gasteiger partial charge is 0.313 e. The van der Waals surface area contributed by atoms with Crippen LogP contribution in [0.4, 0.5) is 4.39 Å². The highest BCUT2D eigenvalue weighted by molar-refractivity contribution is 5.82. The van der Waals surface area contributed by atoms with Crippen LogP contribution < -0.4 is 4.74 Å². The Hall–Kier alpha value is -2.15. The molecule has 1 unspecified atom stereocenters. The molecule has 1 atom stereocenters. The fourth-order valence-electron chi connectivity index (χ4n) is 2.82. The van der Waals surface area contributed by atoms with Crippen LogP contribution in [0, 0.1) is 11.2 Å². The zero-order valence-corrected chi connectivity index (χ0v) is 13.2. The molecule has 2 rings (SSSR count). The molecule has 126 valence electrons. The molecule has 1 saturated heterocycles. The number of carbonyl (C=O) groups excluding carboxylic acids is 1. The van der Waals surface area contributed by atoms with Crippen molar-refractivity contribution in [3.05, 3.63) is 29.6 Å². The Morgan fingerprint density at radius 3 is 2.70 bits per heavy atom. The Morgan fingerprint density at radius 1 is 1.39 bits per heavy atom. The highest BCUT2D eigenvalue weighted by atomic mass is 19.1. The summed E-state index contributed by atoms with van der Waals surface area (Å²) in [6.07, 6.45) is 0.364. The minimum atomic E-state index is -1.06. The summed E-state index contributed by atoms with van der Waals surface area (Å²) in [5.74, 6) is -1.61. The number of carbonyl (C=O) groups is 2. The molecule has 1 aromatic carbocycles. The molecule has 0 bridgehead atoms. The van der Waals surface area contributed by atoms with Crippen LogP contribution in [0.5, 0.6) is 5.75 Å². The second-order valence-electron chi connectivity index (χ2n) is 5.73. The zero-order valence-electron chi connectivity index (χ0n) is 13.2. The third-order valence-corrected chi connectivity index (χ3v) is 4.15. The van der Waals surface area contributed by atoms with Gasteiger partial charge in [0.2, 0.25) is 5.91 Å². The van der Waals surface area contributed by atoms with Gasteiger partial charge in [-0.05, 0) is 24.1 Å². The number of carboxylic acid groups (broad SMARTS) is 1. The van der Waals surface area contributed by atoms with E-state index in [0.717, 1.165) is 0 Å². The maximum atomic E-state index is 13.7. The minimum Gasteiger partial charge on any atom is -0.494 e. The van der Waals surface area contributed by atoms with Gasteiger partial charge in [0.15, 0.2) is 11.6 Å². The van der Waals surface area contributed by atoms with Crippen molar-refractivity contribution in [2.24, 2.45) is 5.41 Å². The second-order valence-corrected chi connectivity index (χ2v) is 5.73. The Morgan fingerprint density at radius 2 is 2.13 bits per heavy atom. The first-order chi connectivity index (χ1) is 10.9. The van der Waals surface area contributed by atoms with Gasteiger partial charge in [0, 0.05) is 20.2 Å². The molecule has 1 fully saturated rings. The van der Waals surface area contributed by atoms with Crippen LogP contribution >= 0.6 is 0 Å². The number of amides is 1.